The van der Waals surface area contributed by atoms with E-state index in [0.29, 0.717) is 21.7 Å². The Morgan fingerprint density at radius 3 is 2.89 bits per heavy atom. The largest absolute Gasteiger partial charge is 0.383 e. The summed E-state index contributed by atoms with van der Waals surface area (Å²) < 4.78 is 0.603. The average molecular weight is 304 g/mol. The van der Waals surface area contributed by atoms with Gasteiger partial charge in [-0.2, -0.15) is 5.26 Å². The number of hydrogen-bond donors (Lipinski definition) is 2. The van der Waals surface area contributed by atoms with Crippen molar-refractivity contribution in [3.05, 3.63) is 40.1 Å². The predicted molar refractivity (Wildman–Crippen MR) is 73.3 cm³/mol. The van der Waals surface area contributed by atoms with Crippen molar-refractivity contribution in [2.24, 2.45) is 0 Å². The minimum Gasteiger partial charge on any atom is -0.383 e. The van der Waals surface area contributed by atoms with E-state index in [9.17, 15) is 0 Å². The first-order chi connectivity index (χ1) is 8.61. The molecular formula is C12H10BrN5. The van der Waals surface area contributed by atoms with Crippen LogP contribution in [0, 0.1) is 18.3 Å². The lowest BCUT2D eigenvalue weighted by Crippen LogP contribution is -2.01. The molecule has 0 aliphatic heterocycles. The smallest absolute Gasteiger partial charge is 0.150 e. The topological polar surface area (TPSA) is 87.6 Å². The van der Waals surface area contributed by atoms with Crippen LogP contribution in [-0.2, 0) is 0 Å². The van der Waals surface area contributed by atoms with Crippen molar-refractivity contribution in [2.75, 3.05) is 11.1 Å². The number of halogens is 1. The maximum Gasteiger partial charge on any atom is 0.150 e. The molecule has 90 valence electrons. The Morgan fingerprint density at radius 1 is 1.39 bits per heavy atom. The molecular weight excluding hydrogens is 294 g/mol. The van der Waals surface area contributed by atoms with E-state index in [1.165, 1.54) is 6.33 Å². The Hall–Kier alpha value is -2.13. The molecule has 0 spiro atoms. The van der Waals surface area contributed by atoms with Gasteiger partial charge in [-0.3, -0.25) is 0 Å². The summed E-state index contributed by atoms with van der Waals surface area (Å²) in [7, 11) is 0. The van der Waals surface area contributed by atoms with Crippen molar-refractivity contribution >= 4 is 33.3 Å². The van der Waals surface area contributed by atoms with Crippen LogP contribution in [0.25, 0.3) is 0 Å². The van der Waals surface area contributed by atoms with Crippen LogP contribution in [0.15, 0.2) is 29.0 Å². The Bertz CT molecular complexity index is 633. The van der Waals surface area contributed by atoms with E-state index in [-0.39, 0.29) is 0 Å². The first kappa shape index (κ1) is 12.3. The average Bonchev–Trinajstić information content (AvgIpc) is 2.37. The van der Waals surface area contributed by atoms with Gasteiger partial charge in [-0.25, -0.2) is 9.97 Å². The highest BCUT2D eigenvalue weighted by Crippen LogP contribution is 2.28. The first-order valence-electron chi connectivity index (χ1n) is 5.15. The van der Waals surface area contributed by atoms with Gasteiger partial charge in [-0.05, 0) is 40.5 Å². The highest BCUT2D eigenvalue weighted by atomic mass is 79.9. The van der Waals surface area contributed by atoms with Gasteiger partial charge in [0, 0.05) is 5.69 Å². The fourth-order valence-corrected chi connectivity index (χ4v) is 1.73. The number of benzene rings is 1. The second-order valence-corrected chi connectivity index (χ2v) is 4.48. The van der Waals surface area contributed by atoms with Crippen LogP contribution < -0.4 is 11.1 Å². The zero-order chi connectivity index (χ0) is 13.1. The van der Waals surface area contributed by atoms with Crippen molar-refractivity contribution in [3.63, 3.8) is 0 Å². The number of rotatable bonds is 2. The van der Waals surface area contributed by atoms with Gasteiger partial charge in [-0.1, -0.05) is 6.07 Å². The number of nitriles is 1. The molecule has 0 saturated heterocycles. The first-order valence-corrected chi connectivity index (χ1v) is 5.95. The number of aryl methyl sites for hydroxylation is 1. The molecule has 0 radical (unpaired) electrons. The third-order valence-corrected chi connectivity index (χ3v) is 3.22. The number of nitrogens with one attached hydrogen (secondary N) is 1. The fraction of sp³-hybridized carbons (Fsp3) is 0.0833. The van der Waals surface area contributed by atoms with Crippen LogP contribution in [0.3, 0.4) is 0 Å². The quantitative estimate of drug-likeness (QED) is 0.890. The highest BCUT2D eigenvalue weighted by molar-refractivity contribution is 9.10. The van der Waals surface area contributed by atoms with E-state index in [1.54, 1.807) is 12.1 Å². The van der Waals surface area contributed by atoms with E-state index in [0.717, 1.165) is 11.3 Å². The van der Waals surface area contributed by atoms with Gasteiger partial charge in [0.25, 0.3) is 0 Å². The number of aromatic nitrogens is 2. The van der Waals surface area contributed by atoms with Crippen molar-refractivity contribution < 1.29 is 0 Å². The second-order valence-electron chi connectivity index (χ2n) is 3.69. The molecule has 1 aromatic carbocycles. The van der Waals surface area contributed by atoms with Gasteiger partial charge in [0.15, 0.2) is 0 Å². The lowest BCUT2D eigenvalue weighted by atomic mass is 10.1. The summed E-state index contributed by atoms with van der Waals surface area (Å²) in [6.07, 6.45) is 1.38. The summed E-state index contributed by atoms with van der Waals surface area (Å²) in [4.78, 5) is 7.96. The number of nitrogen functional groups attached to an aromatic ring is 1. The Balaban J connectivity index is 2.40. The molecule has 6 heteroatoms. The van der Waals surface area contributed by atoms with Gasteiger partial charge in [0.2, 0.25) is 0 Å². The van der Waals surface area contributed by atoms with Crippen LogP contribution in [-0.4, -0.2) is 9.97 Å². The van der Waals surface area contributed by atoms with Crippen LogP contribution >= 0.6 is 15.9 Å². The summed E-state index contributed by atoms with van der Waals surface area (Å²) in [5.41, 5.74) is 8.09. The number of anilines is 3. The zero-order valence-electron chi connectivity index (χ0n) is 9.61. The molecule has 0 saturated carbocycles. The maximum atomic E-state index is 8.89. The van der Waals surface area contributed by atoms with E-state index in [2.05, 4.69) is 37.3 Å². The third kappa shape index (κ3) is 2.41. The molecule has 1 heterocycles. The fourth-order valence-electron chi connectivity index (χ4n) is 1.42. The molecule has 0 aliphatic carbocycles. The normalized spacial score (nSPS) is 9.83. The van der Waals surface area contributed by atoms with Crippen molar-refractivity contribution in [1.29, 1.82) is 5.26 Å². The zero-order valence-corrected chi connectivity index (χ0v) is 11.2. The minimum atomic E-state index is 0.363. The van der Waals surface area contributed by atoms with Gasteiger partial charge in [0.05, 0.1) is 11.6 Å². The summed E-state index contributed by atoms with van der Waals surface area (Å²) in [5, 5.41) is 12.0. The van der Waals surface area contributed by atoms with Crippen molar-refractivity contribution in [1.82, 2.24) is 9.97 Å². The standard InChI is InChI=1S/C12H10BrN5/c1-7-2-3-8(5-14)4-9(7)18-12-10(13)11(15)16-6-17-12/h2-4,6H,1H3,(H3,15,16,17,18). The Kier molecular flexibility index (Phi) is 3.44. The Morgan fingerprint density at radius 2 is 2.17 bits per heavy atom. The summed E-state index contributed by atoms with van der Waals surface area (Å²) in [5.74, 6) is 0.933. The molecule has 2 rings (SSSR count). The molecule has 3 N–H and O–H groups in total. The second kappa shape index (κ2) is 5.02. The van der Waals surface area contributed by atoms with Gasteiger partial charge in [-0.15, -0.1) is 0 Å². The minimum absolute atomic E-state index is 0.363. The van der Waals surface area contributed by atoms with Gasteiger partial charge in [0.1, 0.15) is 22.4 Å². The maximum absolute atomic E-state index is 8.89. The monoisotopic (exact) mass is 303 g/mol. The van der Waals surface area contributed by atoms with E-state index < -0.39 is 0 Å². The number of nitrogens with zero attached hydrogens (tertiary/aromatic N) is 3. The predicted octanol–water partition coefficient (Wildman–Crippen LogP) is 2.74. The molecule has 18 heavy (non-hydrogen) atoms. The number of nitrogens with two attached hydrogens (primary N) is 1. The molecule has 5 nitrogen and oxygen atoms in total. The third-order valence-electron chi connectivity index (χ3n) is 2.44. The van der Waals surface area contributed by atoms with Crippen molar-refractivity contribution in [3.8, 4) is 6.07 Å². The summed E-state index contributed by atoms with van der Waals surface area (Å²) in [6, 6.07) is 7.50. The van der Waals surface area contributed by atoms with E-state index in [4.69, 9.17) is 11.0 Å². The van der Waals surface area contributed by atoms with E-state index in [1.807, 2.05) is 13.0 Å². The number of hydrogen-bond acceptors (Lipinski definition) is 5. The van der Waals surface area contributed by atoms with Crippen LogP contribution in [0.2, 0.25) is 0 Å². The molecule has 0 amide bonds. The molecule has 0 bridgehead atoms. The van der Waals surface area contributed by atoms with Crippen LogP contribution in [0.4, 0.5) is 17.3 Å². The summed E-state index contributed by atoms with van der Waals surface area (Å²) >= 11 is 3.32. The Labute approximate surface area is 113 Å². The molecule has 0 aliphatic rings. The SMILES string of the molecule is Cc1ccc(C#N)cc1Nc1ncnc(N)c1Br. The summed E-state index contributed by atoms with van der Waals surface area (Å²) in [6.45, 7) is 1.95. The van der Waals surface area contributed by atoms with E-state index >= 15 is 0 Å². The van der Waals surface area contributed by atoms with Crippen LogP contribution in [0.1, 0.15) is 11.1 Å². The molecule has 0 atom stereocenters. The van der Waals surface area contributed by atoms with Crippen LogP contribution in [0.5, 0.6) is 0 Å². The lowest BCUT2D eigenvalue weighted by Gasteiger charge is -2.11. The van der Waals surface area contributed by atoms with Crippen molar-refractivity contribution in [2.45, 2.75) is 6.92 Å². The van der Waals surface area contributed by atoms with Gasteiger partial charge < -0.3 is 11.1 Å². The molecule has 0 fully saturated rings. The molecule has 2 aromatic rings. The lowest BCUT2D eigenvalue weighted by molar-refractivity contribution is 1.16. The molecule has 0 unspecified atom stereocenters. The molecule has 1 aromatic heterocycles. The highest BCUT2D eigenvalue weighted by Gasteiger charge is 2.08. The van der Waals surface area contributed by atoms with Gasteiger partial charge >= 0.3 is 0 Å².